The summed E-state index contributed by atoms with van der Waals surface area (Å²) in [6.45, 7) is 10.9. The Morgan fingerprint density at radius 2 is 1.75 bits per heavy atom. The third-order valence-corrected chi connectivity index (χ3v) is 9.39. The number of hydrogen-bond acceptors (Lipinski definition) is 6. The van der Waals surface area contributed by atoms with Gasteiger partial charge in [-0.15, -0.1) is 0 Å². The monoisotopic (exact) mass is 417 g/mol. The molecule has 4 fully saturated rings. The molecule has 4 nitrogen and oxygen atoms in total. The van der Waals surface area contributed by atoms with Crippen molar-refractivity contribution in [2.75, 3.05) is 39.4 Å². The molecule has 0 N–H and O–H groups in total. The molecule has 1 unspecified atom stereocenters. The van der Waals surface area contributed by atoms with Crippen LogP contribution in [0.5, 0.6) is 0 Å². The van der Waals surface area contributed by atoms with Crippen LogP contribution in [-0.4, -0.2) is 70.9 Å². The largest absolute Gasteiger partial charge is 0.378 e. The van der Waals surface area contributed by atoms with Crippen LogP contribution in [0.2, 0.25) is 0 Å². The molecule has 5 aliphatic heterocycles. The summed E-state index contributed by atoms with van der Waals surface area (Å²) in [7, 11) is 0. The second kappa shape index (κ2) is 8.13. The zero-order valence-electron chi connectivity index (χ0n) is 16.9. The molecule has 3 atom stereocenters. The summed E-state index contributed by atoms with van der Waals surface area (Å²) in [5, 5.41) is 1.44. The van der Waals surface area contributed by atoms with Crippen molar-refractivity contribution in [2.45, 2.75) is 48.4 Å². The lowest BCUT2D eigenvalue weighted by Crippen LogP contribution is -2.61. The molecule has 0 radical (unpaired) electrons. The number of piperidine rings is 3. The highest BCUT2D eigenvalue weighted by Gasteiger charge is 2.46. The van der Waals surface area contributed by atoms with Crippen LogP contribution < -0.4 is 0 Å². The highest BCUT2D eigenvalue weighted by molar-refractivity contribution is 8.18. The summed E-state index contributed by atoms with van der Waals surface area (Å²) in [5.74, 6) is 0.835. The highest BCUT2D eigenvalue weighted by Crippen LogP contribution is 2.48. The number of rotatable bonds is 4. The van der Waals surface area contributed by atoms with Gasteiger partial charge in [-0.2, -0.15) is 0 Å². The van der Waals surface area contributed by atoms with Gasteiger partial charge in [0.15, 0.2) is 0 Å². The van der Waals surface area contributed by atoms with Gasteiger partial charge >= 0.3 is 0 Å². The minimum atomic E-state index is 0.425. The van der Waals surface area contributed by atoms with Gasteiger partial charge in [0, 0.05) is 36.3 Å². The zero-order chi connectivity index (χ0) is 19.1. The van der Waals surface area contributed by atoms with Crippen LogP contribution in [0.25, 0.3) is 0 Å². The minimum Gasteiger partial charge on any atom is -0.378 e. The molecule has 1 aromatic carbocycles. The first kappa shape index (κ1) is 19.2. The van der Waals surface area contributed by atoms with Crippen molar-refractivity contribution < 1.29 is 4.74 Å². The van der Waals surface area contributed by atoms with Gasteiger partial charge in [-0.05, 0) is 57.8 Å². The standard InChI is InChI=1S/C22H31N3OS2/c1-16-3-5-19(6-4-16)27-22-25(15-20(28-22)24-11-13-26-14-12-24)21-17(2)23-9-7-18(21)8-10-23/h3-6,15,17-18,21-22H,7-14H2,1-2H3/t17-,21-,22?/m0/s1. The van der Waals surface area contributed by atoms with Crippen molar-refractivity contribution in [3.05, 3.63) is 41.1 Å². The van der Waals surface area contributed by atoms with E-state index in [1.807, 2.05) is 23.5 Å². The van der Waals surface area contributed by atoms with E-state index in [9.17, 15) is 0 Å². The first-order valence-corrected chi connectivity index (χ1v) is 12.4. The summed E-state index contributed by atoms with van der Waals surface area (Å²) < 4.78 is 6.01. The highest BCUT2D eigenvalue weighted by atomic mass is 32.2. The van der Waals surface area contributed by atoms with E-state index in [4.69, 9.17) is 4.74 Å². The first-order valence-electron chi connectivity index (χ1n) is 10.6. The van der Waals surface area contributed by atoms with E-state index in [1.54, 1.807) is 0 Å². The average molecular weight is 418 g/mol. The number of aryl methyl sites for hydroxylation is 1. The maximum atomic E-state index is 5.59. The van der Waals surface area contributed by atoms with E-state index in [0.29, 0.717) is 16.8 Å². The van der Waals surface area contributed by atoms with E-state index < -0.39 is 0 Å². The molecule has 6 heteroatoms. The van der Waals surface area contributed by atoms with E-state index in [1.165, 1.54) is 41.4 Å². The predicted molar refractivity (Wildman–Crippen MR) is 118 cm³/mol. The fourth-order valence-electron chi connectivity index (χ4n) is 5.14. The number of thioether (sulfide) groups is 2. The Labute approximate surface area is 177 Å². The van der Waals surface area contributed by atoms with Gasteiger partial charge < -0.3 is 14.5 Å². The van der Waals surface area contributed by atoms with Crippen LogP contribution in [-0.2, 0) is 4.74 Å². The summed E-state index contributed by atoms with van der Waals surface area (Å²) in [5.41, 5.74) is 1.33. The molecule has 2 bridgehead atoms. The molecule has 152 valence electrons. The fraction of sp³-hybridized carbons (Fsp3) is 0.636. The Bertz CT molecular complexity index is 709. The van der Waals surface area contributed by atoms with Crippen LogP contribution in [0.4, 0.5) is 0 Å². The van der Waals surface area contributed by atoms with Crippen molar-refractivity contribution in [3.8, 4) is 0 Å². The van der Waals surface area contributed by atoms with E-state index in [-0.39, 0.29) is 0 Å². The molecule has 0 aliphatic carbocycles. The summed E-state index contributed by atoms with van der Waals surface area (Å²) in [6.07, 6.45) is 5.21. The lowest BCUT2D eigenvalue weighted by Gasteiger charge is -2.53. The molecule has 0 spiro atoms. The zero-order valence-corrected chi connectivity index (χ0v) is 18.6. The van der Waals surface area contributed by atoms with Gasteiger partial charge in [-0.25, -0.2) is 0 Å². The van der Waals surface area contributed by atoms with Crippen LogP contribution in [0.15, 0.2) is 40.4 Å². The van der Waals surface area contributed by atoms with Crippen molar-refractivity contribution in [1.29, 1.82) is 0 Å². The maximum absolute atomic E-state index is 5.59. The topological polar surface area (TPSA) is 19.0 Å². The number of hydrogen-bond donors (Lipinski definition) is 0. The van der Waals surface area contributed by atoms with Crippen LogP contribution >= 0.6 is 23.5 Å². The smallest absolute Gasteiger partial charge is 0.132 e. The molecule has 5 heterocycles. The van der Waals surface area contributed by atoms with Gasteiger partial charge in [-0.1, -0.05) is 41.2 Å². The predicted octanol–water partition coefficient (Wildman–Crippen LogP) is 4.03. The van der Waals surface area contributed by atoms with Gasteiger partial charge in [-0.3, -0.25) is 4.90 Å². The SMILES string of the molecule is Cc1ccc(SC2SC(N3CCOCC3)=CN2[C@@H]2C3CCN(CC3)[C@H]2C)cc1. The molecular formula is C22H31N3OS2. The number of nitrogens with zero attached hydrogens (tertiary/aromatic N) is 3. The van der Waals surface area contributed by atoms with Gasteiger partial charge in [0.2, 0.25) is 0 Å². The Balaban J connectivity index is 1.40. The molecular weight excluding hydrogens is 386 g/mol. The summed E-state index contributed by atoms with van der Waals surface area (Å²) in [6, 6.07) is 10.3. The quantitative estimate of drug-likeness (QED) is 0.731. The molecule has 6 rings (SSSR count). The Morgan fingerprint density at radius 1 is 1.04 bits per heavy atom. The van der Waals surface area contributed by atoms with E-state index in [0.717, 1.165) is 32.2 Å². The summed E-state index contributed by atoms with van der Waals surface area (Å²) >= 11 is 4.07. The van der Waals surface area contributed by atoms with Gasteiger partial charge in [0.1, 0.15) is 4.71 Å². The third-order valence-electron chi connectivity index (χ3n) is 6.78. The van der Waals surface area contributed by atoms with Crippen molar-refractivity contribution in [3.63, 3.8) is 0 Å². The Kier molecular flexibility index (Phi) is 5.57. The molecule has 5 aliphatic rings. The lowest BCUT2D eigenvalue weighted by molar-refractivity contribution is -0.0164. The normalized spacial score (nSPS) is 35.4. The average Bonchev–Trinajstić information content (AvgIpc) is 3.15. The summed E-state index contributed by atoms with van der Waals surface area (Å²) in [4.78, 5) is 9.34. The van der Waals surface area contributed by atoms with Gasteiger partial charge in [0.05, 0.1) is 18.2 Å². The van der Waals surface area contributed by atoms with Crippen molar-refractivity contribution in [1.82, 2.24) is 14.7 Å². The molecule has 1 aromatic rings. The van der Waals surface area contributed by atoms with Gasteiger partial charge in [0.25, 0.3) is 0 Å². The van der Waals surface area contributed by atoms with Crippen LogP contribution in [0.3, 0.4) is 0 Å². The van der Waals surface area contributed by atoms with Crippen LogP contribution in [0.1, 0.15) is 25.3 Å². The number of ether oxygens (including phenoxy) is 1. The molecule has 4 saturated heterocycles. The third kappa shape index (κ3) is 3.69. The molecule has 0 saturated carbocycles. The molecule has 0 aromatic heterocycles. The molecule has 28 heavy (non-hydrogen) atoms. The van der Waals surface area contributed by atoms with Crippen molar-refractivity contribution >= 4 is 23.5 Å². The van der Waals surface area contributed by atoms with Crippen molar-refractivity contribution in [2.24, 2.45) is 5.92 Å². The maximum Gasteiger partial charge on any atom is 0.132 e. The number of fused-ring (bicyclic) bond motifs is 3. The number of benzene rings is 1. The minimum absolute atomic E-state index is 0.425. The first-order chi connectivity index (χ1) is 13.7. The Hall–Kier alpha value is -0.820. The van der Waals surface area contributed by atoms with E-state index >= 15 is 0 Å². The second-order valence-corrected chi connectivity index (χ2v) is 11.0. The Morgan fingerprint density at radius 3 is 2.43 bits per heavy atom. The second-order valence-electron chi connectivity index (χ2n) is 8.47. The van der Waals surface area contributed by atoms with E-state index in [2.05, 4.69) is 59.0 Å². The number of morpholine rings is 1. The fourth-order valence-corrected chi connectivity index (χ4v) is 7.85. The lowest BCUT2D eigenvalue weighted by atomic mass is 9.78. The molecule has 0 amide bonds. The van der Waals surface area contributed by atoms with Crippen LogP contribution in [0, 0.1) is 12.8 Å².